The number of nitro groups is 1. The van der Waals surface area contributed by atoms with Gasteiger partial charge in [0.2, 0.25) is 11.6 Å². The Morgan fingerprint density at radius 2 is 1.71 bits per heavy atom. The van der Waals surface area contributed by atoms with Gasteiger partial charge in [0, 0.05) is 6.20 Å². The van der Waals surface area contributed by atoms with Crippen LogP contribution in [0.2, 0.25) is 0 Å². The van der Waals surface area contributed by atoms with Crippen molar-refractivity contribution in [2.45, 2.75) is 6.54 Å². The minimum atomic E-state index is -0.821. The summed E-state index contributed by atoms with van der Waals surface area (Å²) < 4.78 is 13.9. The van der Waals surface area contributed by atoms with E-state index in [9.17, 15) is 19.3 Å². The summed E-state index contributed by atoms with van der Waals surface area (Å²) in [6.07, 6.45) is 2.69. The smallest absolute Gasteiger partial charge is 0.301 e. The van der Waals surface area contributed by atoms with E-state index in [1.165, 1.54) is 18.2 Å². The molecule has 10 nitrogen and oxygen atoms in total. The summed E-state index contributed by atoms with van der Waals surface area (Å²) in [7, 11) is 0. The van der Waals surface area contributed by atoms with Gasteiger partial charge in [-0.15, -0.1) is 0 Å². The minimum Gasteiger partial charge on any atom is -0.301 e. The van der Waals surface area contributed by atoms with Gasteiger partial charge in [-0.05, 0) is 29.8 Å². The minimum absolute atomic E-state index is 0.0369. The molecule has 4 rings (SSSR count). The molecular weight excluding hydrogens is 441 g/mol. The average Bonchev–Trinajstić information content (AvgIpc) is 2.87. The first-order valence-electron chi connectivity index (χ1n) is 10.1. The van der Waals surface area contributed by atoms with Gasteiger partial charge in [0.15, 0.2) is 0 Å². The molecule has 0 aliphatic heterocycles. The zero-order valence-electron chi connectivity index (χ0n) is 17.6. The molecule has 2 N–H and O–H groups in total. The van der Waals surface area contributed by atoms with E-state index in [0.717, 1.165) is 18.0 Å². The van der Waals surface area contributed by atoms with Crippen molar-refractivity contribution < 1.29 is 14.1 Å². The molecule has 170 valence electrons. The lowest BCUT2D eigenvalue weighted by molar-refractivity contribution is -0.383. The van der Waals surface area contributed by atoms with Gasteiger partial charge in [-0.2, -0.15) is 0 Å². The number of hydrogen-bond donors (Lipinski definition) is 2. The van der Waals surface area contributed by atoms with Crippen molar-refractivity contribution in [3.05, 3.63) is 112 Å². The van der Waals surface area contributed by atoms with Gasteiger partial charge in [0.05, 0.1) is 17.0 Å². The summed E-state index contributed by atoms with van der Waals surface area (Å²) >= 11 is 0. The number of hydrogen-bond acceptors (Lipinski definition) is 8. The highest BCUT2D eigenvalue weighted by Gasteiger charge is 2.29. The fourth-order valence-corrected chi connectivity index (χ4v) is 3.20. The Bertz CT molecular complexity index is 1310. The van der Waals surface area contributed by atoms with Gasteiger partial charge in [-0.1, -0.05) is 48.5 Å². The molecule has 2 aromatic carbocycles. The summed E-state index contributed by atoms with van der Waals surface area (Å²) in [5.41, 5.74) is 4.82. The van der Waals surface area contributed by atoms with Crippen LogP contribution in [0.25, 0.3) is 0 Å². The Morgan fingerprint density at radius 3 is 2.41 bits per heavy atom. The van der Waals surface area contributed by atoms with Crippen molar-refractivity contribution in [3.63, 3.8) is 0 Å². The number of halogens is 1. The molecule has 34 heavy (non-hydrogen) atoms. The van der Waals surface area contributed by atoms with Crippen LogP contribution in [-0.4, -0.2) is 25.8 Å². The molecule has 0 bridgehead atoms. The Kier molecular flexibility index (Phi) is 6.63. The normalized spacial score (nSPS) is 10.4. The topological polar surface area (TPSA) is 126 Å². The van der Waals surface area contributed by atoms with Crippen LogP contribution in [0.15, 0.2) is 85.3 Å². The summed E-state index contributed by atoms with van der Waals surface area (Å²) in [5.74, 6) is -1.43. The van der Waals surface area contributed by atoms with Crippen molar-refractivity contribution in [2.24, 2.45) is 0 Å². The fourth-order valence-electron chi connectivity index (χ4n) is 3.20. The van der Waals surface area contributed by atoms with E-state index in [-0.39, 0.29) is 23.7 Å². The molecular formula is C23H18FN7O3. The van der Waals surface area contributed by atoms with E-state index in [4.69, 9.17) is 0 Å². The Labute approximate surface area is 193 Å². The SMILES string of the molecule is O=C(NNc1ncnc(N(Cc2ccccc2)c2ccccn2)c1[N+](=O)[O-])c1ccccc1F. The number of aromatic nitrogens is 3. The average molecular weight is 459 g/mol. The molecule has 0 atom stereocenters. The van der Waals surface area contributed by atoms with E-state index in [1.54, 1.807) is 29.3 Å². The molecule has 0 saturated carbocycles. The standard InChI is InChI=1S/C23H18FN7O3/c24-18-11-5-4-10-17(18)23(32)29-28-21-20(31(33)34)22(27-15-26-21)30(19-12-6-7-13-25-19)14-16-8-2-1-3-9-16/h1-13,15H,14H2,(H,29,32)(H,26,27,28). The molecule has 1 amide bonds. The van der Waals surface area contributed by atoms with Gasteiger partial charge < -0.3 is 4.90 Å². The van der Waals surface area contributed by atoms with E-state index >= 15 is 0 Å². The van der Waals surface area contributed by atoms with Gasteiger partial charge in [-0.3, -0.25) is 25.8 Å². The number of rotatable bonds is 8. The van der Waals surface area contributed by atoms with Crippen molar-refractivity contribution in [1.82, 2.24) is 20.4 Å². The van der Waals surface area contributed by atoms with E-state index in [2.05, 4.69) is 25.8 Å². The number of pyridine rings is 1. The summed E-state index contributed by atoms with van der Waals surface area (Å²) in [5, 5.41) is 12.1. The van der Waals surface area contributed by atoms with Crippen molar-refractivity contribution in [2.75, 3.05) is 10.3 Å². The van der Waals surface area contributed by atoms with Gasteiger partial charge in [0.1, 0.15) is 18.0 Å². The molecule has 0 aliphatic carbocycles. The van der Waals surface area contributed by atoms with Crippen LogP contribution >= 0.6 is 0 Å². The van der Waals surface area contributed by atoms with Gasteiger partial charge in [-0.25, -0.2) is 19.3 Å². The predicted molar refractivity (Wildman–Crippen MR) is 123 cm³/mol. The first kappa shape index (κ1) is 22.3. The first-order chi connectivity index (χ1) is 16.5. The molecule has 11 heteroatoms. The third-order valence-electron chi connectivity index (χ3n) is 4.76. The third-order valence-corrected chi connectivity index (χ3v) is 4.76. The maximum atomic E-state index is 13.9. The van der Waals surface area contributed by atoms with Crippen molar-refractivity contribution in [3.8, 4) is 0 Å². The fraction of sp³-hybridized carbons (Fsp3) is 0.0435. The highest BCUT2D eigenvalue weighted by atomic mass is 19.1. The Morgan fingerprint density at radius 1 is 0.971 bits per heavy atom. The number of benzene rings is 2. The van der Waals surface area contributed by atoms with Crippen LogP contribution in [0.3, 0.4) is 0 Å². The van der Waals surface area contributed by atoms with Crippen LogP contribution in [0, 0.1) is 15.9 Å². The number of hydrazine groups is 1. The number of amides is 1. The first-order valence-corrected chi connectivity index (χ1v) is 10.1. The lowest BCUT2D eigenvalue weighted by Crippen LogP contribution is -2.31. The molecule has 2 heterocycles. The van der Waals surface area contributed by atoms with Gasteiger partial charge in [0.25, 0.3) is 5.91 Å². The maximum absolute atomic E-state index is 13.9. The van der Waals surface area contributed by atoms with E-state index in [1.807, 2.05) is 30.3 Å². The van der Waals surface area contributed by atoms with Crippen LogP contribution in [-0.2, 0) is 6.54 Å². The van der Waals surface area contributed by atoms with Gasteiger partial charge >= 0.3 is 5.69 Å². The van der Waals surface area contributed by atoms with Crippen LogP contribution in [0.4, 0.5) is 27.5 Å². The summed E-state index contributed by atoms with van der Waals surface area (Å²) in [6.45, 7) is 0.233. The molecule has 0 spiro atoms. The zero-order chi connectivity index (χ0) is 23.9. The quantitative estimate of drug-likeness (QED) is 0.299. The van der Waals surface area contributed by atoms with Crippen LogP contribution in [0.1, 0.15) is 15.9 Å². The highest BCUT2D eigenvalue weighted by Crippen LogP contribution is 2.35. The second-order valence-corrected chi connectivity index (χ2v) is 6.97. The lowest BCUT2D eigenvalue weighted by Gasteiger charge is -2.23. The third kappa shape index (κ3) is 4.93. The summed E-state index contributed by atoms with van der Waals surface area (Å²) in [4.78, 5) is 37.7. The van der Waals surface area contributed by atoms with Crippen LogP contribution < -0.4 is 15.8 Å². The zero-order valence-corrected chi connectivity index (χ0v) is 17.6. The Hall–Kier alpha value is -4.93. The maximum Gasteiger partial charge on any atom is 0.355 e. The monoisotopic (exact) mass is 459 g/mol. The second-order valence-electron chi connectivity index (χ2n) is 6.97. The lowest BCUT2D eigenvalue weighted by atomic mass is 10.2. The number of nitrogens with zero attached hydrogens (tertiary/aromatic N) is 5. The van der Waals surface area contributed by atoms with Crippen LogP contribution in [0.5, 0.6) is 0 Å². The largest absolute Gasteiger partial charge is 0.355 e. The predicted octanol–water partition coefficient (Wildman–Crippen LogP) is 4.01. The number of nitrogens with one attached hydrogen (secondary N) is 2. The Balaban J connectivity index is 1.70. The molecule has 0 fully saturated rings. The molecule has 0 saturated heterocycles. The van der Waals surface area contributed by atoms with Crippen molar-refractivity contribution >= 4 is 29.0 Å². The summed E-state index contributed by atoms with van der Waals surface area (Å²) in [6, 6.07) is 19.8. The number of carbonyl (C=O) groups is 1. The van der Waals surface area contributed by atoms with E-state index in [0.29, 0.717) is 5.82 Å². The molecule has 0 aliphatic rings. The number of carbonyl (C=O) groups excluding carboxylic acids is 1. The molecule has 0 unspecified atom stereocenters. The molecule has 0 radical (unpaired) electrons. The van der Waals surface area contributed by atoms with Crippen molar-refractivity contribution in [1.29, 1.82) is 0 Å². The molecule has 2 aromatic heterocycles. The highest BCUT2D eigenvalue weighted by molar-refractivity contribution is 5.95. The number of anilines is 3. The molecule has 4 aromatic rings. The second kappa shape index (κ2) is 10.1. The van der Waals surface area contributed by atoms with E-state index < -0.39 is 22.3 Å².